The third-order valence-electron chi connectivity index (χ3n) is 2.76. The molecule has 0 saturated carbocycles. The average molecular weight is 324 g/mol. The lowest BCUT2D eigenvalue weighted by Gasteiger charge is -2.05. The van der Waals surface area contributed by atoms with Gasteiger partial charge in [0.25, 0.3) is 5.56 Å². The molecular weight excluding hydrogens is 308 g/mol. The molecular formula is C13H16N4O2S2. The Morgan fingerprint density at radius 3 is 2.76 bits per heavy atom. The zero-order chi connectivity index (χ0) is 15.4. The van der Waals surface area contributed by atoms with E-state index in [-0.39, 0.29) is 17.2 Å². The minimum Gasteiger partial charge on any atom is -0.301 e. The van der Waals surface area contributed by atoms with Crippen LogP contribution in [0.5, 0.6) is 0 Å². The van der Waals surface area contributed by atoms with Gasteiger partial charge in [-0.2, -0.15) is 0 Å². The third-order valence-corrected chi connectivity index (χ3v) is 4.51. The van der Waals surface area contributed by atoms with E-state index in [1.165, 1.54) is 23.1 Å². The Morgan fingerprint density at radius 2 is 2.19 bits per heavy atom. The summed E-state index contributed by atoms with van der Waals surface area (Å²) >= 11 is 2.58. The van der Waals surface area contributed by atoms with E-state index in [0.29, 0.717) is 28.0 Å². The summed E-state index contributed by atoms with van der Waals surface area (Å²) in [4.78, 5) is 34.8. The Bertz CT molecular complexity index is 708. The molecule has 2 rings (SSSR count). The van der Waals surface area contributed by atoms with Gasteiger partial charge in [-0.3, -0.25) is 9.59 Å². The van der Waals surface area contributed by atoms with Crippen molar-refractivity contribution in [3.05, 3.63) is 32.7 Å². The number of aromatic amines is 1. The molecule has 0 fully saturated rings. The van der Waals surface area contributed by atoms with Crippen molar-refractivity contribution >= 4 is 34.1 Å². The van der Waals surface area contributed by atoms with E-state index in [9.17, 15) is 9.59 Å². The standard InChI is InChI=1S/C13H16N4O2S2/c1-4-9-8(3)15-13(17-11(9)19)21-6-10(18)16-12-14-7(2)5-20-12/h5H,4,6H2,1-3H3,(H,14,16,18)(H,15,17,19). The van der Waals surface area contributed by atoms with E-state index >= 15 is 0 Å². The highest BCUT2D eigenvalue weighted by atomic mass is 32.2. The maximum atomic E-state index is 11.8. The molecule has 0 bridgehead atoms. The zero-order valence-corrected chi connectivity index (χ0v) is 13.7. The maximum Gasteiger partial charge on any atom is 0.254 e. The van der Waals surface area contributed by atoms with Crippen LogP contribution in [0.4, 0.5) is 5.13 Å². The van der Waals surface area contributed by atoms with Crippen LogP contribution >= 0.6 is 23.1 Å². The highest BCUT2D eigenvalue weighted by Crippen LogP contribution is 2.16. The maximum absolute atomic E-state index is 11.8. The summed E-state index contributed by atoms with van der Waals surface area (Å²) in [6, 6.07) is 0. The number of thiazole rings is 1. The van der Waals surface area contributed by atoms with Gasteiger partial charge in [-0.05, 0) is 20.3 Å². The lowest BCUT2D eigenvalue weighted by molar-refractivity contribution is -0.113. The molecule has 8 heteroatoms. The van der Waals surface area contributed by atoms with Gasteiger partial charge in [-0.25, -0.2) is 9.97 Å². The number of H-pyrrole nitrogens is 1. The summed E-state index contributed by atoms with van der Waals surface area (Å²) < 4.78 is 0. The zero-order valence-electron chi connectivity index (χ0n) is 12.0. The molecule has 0 atom stereocenters. The fraction of sp³-hybridized carbons (Fsp3) is 0.385. The number of hydrogen-bond acceptors (Lipinski definition) is 6. The molecule has 2 aromatic heterocycles. The minimum atomic E-state index is -0.172. The topological polar surface area (TPSA) is 87.7 Å². The van der Waals surface area contributed by atoms with Gasteiger partial charge in [0.05, 0.1) is 11.4 Å². The lowest BCUT2D eigenvalue weighted by atomic mass is 10.2. The first-order valence-electron chi connectivity index (χ1n) is 6.44. The van der Waals surface area contributed by atoms with E-state index in [4.69, 9.17) is 0 Å². The van der Waals surface area contributed by atoms with Crippen molar-refractivity contribution in [1.29, 1.82) is 0 Å². The molecule has 0 spiro atoms. The largest absolute Gasteiger partial charge is 0.301 e. The summed E-state index contributed by atoms with van der Waals surface area (Å²) in [6.07, 6.45) is 0.642. The van der Waals surface area contributed by atoms with Crippen LogP contribution < -0.4 is 10.9 Å². The summed E-state index contributed by atoms with van der Waals surface area (Å²) in [5.41, 5.74) is 2.13. The van der Waals surface area contributed by atoms with Gasteiger partial charge < -0.3 is 10.3 Å². The van der Waals surface area contributed by atoms with Crippen molar-refractivity contribution in [2.24, 2.45) is 0 Å². The van der Waals surface area contributed by atoms with E-state index in [2.05, 4.69) is 20.3 Å². The van der Waals surface area contributed by atoms with Crippen molar-refractivity contribution in [2.45, 2.75) is 32.3 Å². The van der Waals surface area contributed by atoms with Gasteiger partial charge in [-0.1, -0.05) is 18.7 Å². The molecule has 2 heterocycles. The molecule has 2 aromatic rings. The van der Waals surface area contributed by atoms with E-state index < -0.39 is 0 Å². The number of aryl methyl sites for hydroxylation is 2. The minimum absolute atomic E-state index is 0.136. The summed E-state index contributed by atoms with van der Waals surface area (Å²) in [6.45, 7) is 5.58. The Labute approximate surface area is 130 Å². The van der Waals surface area contributed by atoms with Gasteiger partial charge in [0.1, 0.15) is 0 Å². The van der Waals surface area contributed by atoms with Crippen LogP contribution in [0.1, 0.15) is 23.9 Å². The highest BCUT2D eigenvalue weighted by molar-refractivity contribution is 7.99. The van der Waals surface area contributed by atoms with Crippen molar-refractivity contribution < 1.29 is 4.79 Å². The Morgan fingerprint density at radius 1 is 1.43 bits per heavy atom. The normalized spacial score (nSPS) is 10.6. The first kappa shape index (κ1) is 15.7. The van der Waals surface area contributed by atoms with Crippen molar-refractivity contribution in [3.63, 3.8) is 0 Å². The summed E-state index contributed by atoms with van der Waals surface area (Å²) in [5, 5.41) is 5.62. The van der Waals surface area contributed by atoms with Crippen LogP contribution in [0.2, 0.25) is 0 Å². The Balaban J connectivity index is 1.97. The van der Waals surface area contributed by atoms with Crippen LogP contribution in [0.3, 0.4) is 0 Å². The van der Waals surface area contributed by atoms with E-state index in [1.54, 1.807) is 6.92 Å². The second-order valence-electron chi connectivity index (χ2n) is 4.42. The smallest absolute Gasteiger partial charge is 0.254 e. The second kappa shape index (κ2) is 6.86. The molecule has 21 heavy (non-hydrogen) atoms. The van der Waals surface area contributed by atoms with Gasteiger partial charge in [0.15, 0.2) is 10.3 Å². The van der Waals surface area contributed by atoms with Crippen LogP contribution in [0, 0.1) is 13.8 Å². The molecule has 0 aromatic carbocycles. The number of carbonyl (C=O) groups is 1. The van der Waals surface area contributed by atoms with Crippen LogP contribution in [-0.2, 0) is 11.2 Å². The van der Waals surface area contributed by atoms with Crippen LogP contribution in [0.25, 0.3) is 0 Å². The molecule has 0 radical (unpaired) electrons. The number of nitrogens with one attached hydrogen (secondary N) is 2. The number of amides is 1. The number of aromatic nitrogens is 3. The number of carbonyl (C=O) groups excluding carboxylic acids is 1. The lowest BCUT2D eigenvalue weighted by Crippen LogP contribution is -2.18. The van der Waals surface area contributed by atoms with Gasteiger partial charge in [0, 0.05) is 16.6 Å². The highest BCUT2D eigenvalue weighted by Gasteiger charge is 2.10. The number of hydrogen-bond donors (Lipinski definition) is 2. The van der Waals surface area contributed by atoms with E-state index in [0.717, 1.165) is 5.69 Å². The fourth-order valence-electron chi connectivity index (χ4n) is 1.77. The molecule has 2 N–H and O–H groups in total. The predicted octanol–water partition coefficient (Wildman–Crippen LogP) is 2.14. The average Bonchev–Trinajstić information content (AvgIpc) is 2.81. The third kappa shape index (κ3) is 4.15. The van der Waals surface area contributed by atoms with Gasteiger partial charge >= 0.3 is 0 Å². The molecule has 1 amide bonds. The van der Waals surface area contributed by atoms with Crippen molar-refractivity contribution in [2.75, 3.05) is 11.1 Å². The Kier molecular flexibility index (Phi) is 5.13. The van der Waals surface area contributed by atoms with Crippen molar-refractivity contribution in [3.8, 4) is 0 Å². The number of thioether (sulfide) groups is 1. The van der Waals surface area contributed by atoms with Crippen LogP contribution in [-0.4, -0.2) is 26.6 Å². The number of anilines is 1. The molecule has 0 aliphatic rings. The monoisotopic (exact) mass is 324 g/mol. The molecule has 0 saturated heterocycles. The van der Waals surface area contributed by atoms with Crippen molar-refractivity contribution in [1.82, 2.24) is 15.0 Å². The quantitative estimate of drug-likeness (QED) is 0.650. The molecule has 0 unspecified atom stereocenters. The SMILES string of the molecule is CCc1c(C)nc(SCC(=O)Nc2nc(C)cs2)[nH]c1=O. The molecule has 112 valence electrons. The summed E-state index contributed by atoms with van der Waals surface area (Å²) in [7, 11) is 0. The van der Waals surface area contributed by atoms with E-state index in [1.807, 2.05) is 19.2 Å². The fourth-order valence-corrected chi connectivity index (χ4v) is 3.18. The van der Waals surface area contributed by atoms with Gasteiger partial charge in [0.2, 0.25) is 5.91 Å². The second-order valence-corrected chi connectivity index (χ2v) is 6.24. The first-order valence-corrected chi connectivity index (χ1v) is 8.30. The first-order chi connectivity index (χ1) is 9.99. The Hall–Kier alpha value is -1.67. The summed E-state index contributed by atoms with van der Waals surface area (Å²) in [5.74, 6) is 0.00108. The molecule has 0 aliphatic heterocycles. The number of nitrogens with zero attached hydrogens (tertiary/aromatic N) is 2. The van der Waals surface area contributed by atoms with Gasteiger partial charge in [-0.15, -0.1) is 11.3 Å². The molecule has 6 nitrogen and oxygen atoms in total. The predicted molar refractivity (Wildman–Crippen MR) is 85.2 cm³/mol. The van der Waals surface area contributed by atoms with Crippen LogP contribution in [0.15, 0.2) is 15.3 Å². The number of rotatable bonds is 5. The molecule has 0 aliphatic carbocycles.